The van der Waals surface area contributed by atoms with Crippen molar-refractivity contribution >= 4 is 17.2 Å². The molecular formula is C27H27N3O3S. The van der Waals surface area contributed by atoms with Gasteiger partial charge in [-0.25, -0.2) is 4.79 Å². The quantitative estimate of drug-likeness (QED) is 0.438. The topological polar surface area (TPSA) is 65.3 Å². The van der Waals surface area contributed by atoms with Crippen LogP contribution in [0.1, 0.15) is 46.1 Å². The first-order valence-corrected chi connectivity index (χ1v) is 12.3. The standard InChI is InChI=1S/C27H27N3O3S/c1-29-24(23-11-6-16-34-23)25(30(27(29)32)17-18-12-14-20(33-2)15-13-18)26(31)28-22-10-5-8-19-7-3-4-9-21(19)22/h3-4,6-7,9,11-16,22H,5,8,10,17H2,1-2H3,(H,28,31)/t22-/m1/s1. The van der Waals surface area contributed by atoms with Gasteiger partial charge in [-0.15, -0.1) is 11.3 Å². The van der Waals surface area contributed by atoms with Crippen molar-refractivity contribution in [2.45, 2.75) is 31.8 Å². The molecule has 0 radical (unpaired) electrons. The smallest absolute Gasteiger partial charge is 0.329 e. The fraction of sp³-hybridized carbons (Fsp3) is 0.259. The van der Waals surface area contributed by atoms with Crippen molar-refractivity contribution in [1.29, 1.82) is 0 Å². The highest BCUT2D eigenvalue weighted by molar-refractivity contribution is 7.13. The van der Waals surface area contributed by atoms with E-state index in [1.807, 2.05) is 53.9 Å². The first-order valence-electron chi connectivity index (χ1n) is 11.4. The Morgan fingerprint density at radius 2 is 1.91 bits per heavy atom. The van der Waals surface area contributed by atoms with E-state index in [1.165, 1.54) is 22.5 Å². The fourth-order valence-electron chi connectivity index (χ4n) is 4.78. The molecule has 7 heteroatoms. The van der Waals surface area contributed by atoms with Gasteiger partial charge in [-0.05, 0) is 59.5 Å². The number of hydrogen-bond donors (Lipinski definition) is 1. The molecule has 0 unspecified atom stereocenters. The van der Waals surface area contributed by atoms with Gasteiger partial charge in [0.25, 0.3) is 5.91 Å². The first kappa shape index (κ1) is 22.2. The number of carbonyl (C=O) groups excluding carboxylic acids is 1. The number of imidazole rings is 1. The van der Waals surface area contributed by atoms with Crippen molar-refractivity contribution in [2.75, 3.05) is 7.11 Å². The monoisotopic (exact) mass is 473 g/mol. The van der Waals surface area contributed by atoms with E-state index in [-0.39, 0.29) is 17.6 Å². The maximum absolute atomic E-state index is 13.8. The molecular weight excluding hydrogens is 446 g/mol. The van der Waals surface area contributed by atoms with Crippen LogP contribution in [0, 0.1) is 0 Å². The van der Waals surface area contributed by atoms with E-state index >= 15 is 0 Å². The SMILES string of the molecule is COc1ccc(Cn2c(C(=O)N[C@@H]3CCCc4ccccc43)c(-c3cccs3)n(C)c2=O)cc1. The predicted molar refractivity (Wildman–Crippen MR) is 135 cm³/mol. The third kappa shape index (κ3) is 4.07. The Bertz CT molecular complexity index is 1370. The summed E-state index contributed by atoms with van der Waals surface area (Å²) in [5, 5.41) is 5.21. The highest BCUT2D eigenvalue weighted by Crippen LogP contribution is 2.32. The molecule has 2 aromatic carbocycles. The molecule has 0 fully saturated rings. The van der Waals surface area contributed by atoms with Crippen LogP contribution in [0.3, 0.4) is 0 Å². The van der Waals surface area contributed by atoms with Crippen LogP contribution < -0.4 is 15.7 Å². The molecule has 0 saturated heterocycles. The number of rotatable bonds is 6. The first-order chi connectivity index (χ1) is 16.6. The summed E-state index contributed by atoms with van der Waals surface area (Å²) in [6.07, 6.45) is 2.93. The van der Waals surface area contributed by atoms with Gasteiger partial charge >= 0.3 is 5.69 Å². The molecule has 34 heavy (non-hydrogen) atoms. The minimum absolute atomic E-state index is 0.0709. The number of amides is 1. The zero-order valence-electron chi connectivity index (χ0n) is 19.3. The molecule has 0 saturated carbocycles. The van der Waals surface area contributed by atoms with E-state index in [2.05, 4.69) is 17.4 Å². The van der Waals surface area contributed by atoms with E-state index in [0.29, 0.717) is 17.9 Å². The normalized spacial score (nSPS) is 15.1. The number of carbonyl (C=O) groups is 1. The summed E-state index contributed by atoms with van der Waals surface area (Å²) in [7, 11) is 3.35. The lowest BCUT2D eigenvalue weighted by Gasteiger charge is -2.26. The van der Waals surface area contributed by atoms with Crippen LogP contribution in [0.4, 0.5) is 0 Å². The van der Waals surface area contributed by atoms with Gasteiger partial charge in [-0.1, -0.05) is 42.5 Å². The molecule has 1 amide bonds. The molecule has 5 rings (SSSR count). The number of fused-ring (bicyclic) bond motifs is 1. The predicted octanol–water partition coefficient (Wildman–Crippen LogP) is 4.78. The average molecular weight is 474 g/mol. The van der Waals surface area contributed by atoms with Crippen LogP contribution in [0.15, 0.2) is 70.8 Å². The Hall–Kier alpha value is -3.58. The molecule has 2 aromatic heterocycles. The summed E-state index contributed by atoms with van der Waals surface area (Å²) in [6.45, 7) is 0.298. The van der Waals surface area contributed by atoms with Crippen molar-refractivity contribution in [2.24, 2.45) is 7.05 Å². The lowest BCUT2D eigenvalue weighted by atomic mass is 9.87. The number of methoxy groups -OCH3 is 1. The maximum atomic E-state index is 13.8. The van der Waals surface area contributed by atoms with Crippen LogP contribution in [-0.2, 0) is 20.0 Å². The molecule has 1 atom stereocenters. The van der Waals surface area contributed by atoms with Gasteiger partial charge in [0.15, 0.2) is 0 Å². The zero-order chi connectivity index (χ0) is 23.7. The number of aryl methyl sites for hydroxylation is 1. The third-order valence-corrected chi connectivity index (χ3v) is 7.37. The fourth-order valence-corrected chi connectivity index (χ4v) is 5.58. The number of benzene rings is 2. The van der Waals surface area contributed by atoms with E-state index in [1.54, 1.807) is 23.3 Å². The zero-order valence-corrected chi connectivity index (χ0v) is 20.1. The summed E-state index contributed by atoms with van der Waals surface area (Å²) >= 11 is 1.52. The molecule has 1 aliphatic rings. The molecule has 0 aliphatic heterocycles. The van der Waals surface area contributed by atoms with Gasteiger partial charge < -0.3 is 10.1 Å². The van der Waals surface area contributed by atoms with Gasteiger partial charge in [0.1, 0.15) is 11.4 Å². The molecule has 1 N–H and O–H groups in total. The second-order valence-corrected chi connectivity index (χ2v) is 9.52. The molecule has 4 aromatic rings. The summed E-state index contributed by atoms with van der Waals surface area (Å²) in [6, 6.07) is 19.7. The molecule has 2 heterocycles. The number of ether oxygens (including phenoxy) is 1. The van der Waals surface area contributed by atoms with Crippen molar-refractivity contribution in [3.8, 4) is 16.3 Å². The molecule has 0 spiro atoms. The molecule has 0 bridgehead atoms. The molecule has 6 nitrogen and oxygen atoms in total. The summed E-state index contributed by atoms with van der Waals surface area (Å²) in [5.41, 5.74) is 4.20. The van der Waals surface area contributed by atoms with E-state index < -0.39 is 0 Å². The minimum atomic E-state index is -0.226. The van der Waals surface area contributed by atoms with Crippen LogP contribution in [0.25, 0.3) is 10.6 Å². The van der Waals surface area contributed by atoms with Gasteiger partial charge in [0.05, 0.1) is 30.3 Å². The summed E-state index contributed by atoms with van der Waals surface area (Å²) in [5.74, 6) is 0.522. The largest absolute Gasteiger partial charge is 0.497 e. The van der Waals surface area contributed by atoms with Gasteiger partial charge in [0, 0.05) is 7.05 Å². The number of aromatic nitrogens is 2. The summed E-state index contributed by atoms with van der Waals surface area (Å²) < 4.78 is 8.42. The number of thiophene rings is 1. The third-order valence-electron chi connectivity index (χ3n) is 6.49. The van der Waals surface area contributed by atoms with Crippen LogP contribution in [0.5, 0.6) is 5.75 Å². The van der Waals surface area contributed by atoms with Crippen molar-refractivity contribution in [3.63, 3.8) is 0 Å². The van der Waals surface area contributed by atoms with Gasteiger partial charge in [-0.3, -0.25) is 13.9 Å². The number of nitrogens with zero attached hydrogens (tertiary/aromatic N) is 2. The van der Waals surface area contributed by atoms with Crippen LogP contribution >= 0.6 is 11.3 Å². The van der Waals surface area contributed by atoms with E-state index in [4.69, 9.17) is 4.74 Å². The Kier molecular flexibility index (Phi) is 6.11. The van der Waals surface area contributed by atoms with Gasteiger partial charge in [-0.2, -0.15) is 0 Å². The molecule has 174 valence electrons. The van der Waals surface area contributed by atoms with Gasteiger partial charge in [0.2, 0.25) is 0 Å². The Morgan fingerprint density at radius 1 is 1.12 bits per heavy atom. The Morgan fingerprint density at radius 3 is 2.65 bits per heavy atom. The highest BCUT2D eigenvalue weighted by atomic mass is 32.1. The van der Waals surface area contributed by atoms with E-state index in [0.717, 1.165) is 35.5 Å². The Balaban J connectivity index is 1.56. The Labute approximate surface area is 202 Å². The minimum Gasteiger partial charge on any atom is -0.497 e. The second kappa shape index (κ2) is 9.35. The maximum Gasteiger partial charge on any atom is 0.329 e. The van der Waals surface area contributed by atoms with Crippen LogP contribution in [0.2, 0.25) is 0 Å². The van der Waals surface area contributed by atoms with Crippen molar-refractivity contribution < 1.29 is 9.53 Å². The molecule has 1 aliphatic carbocycles. The number of nitrogens with one attached hydrogen (secondary N) is 1. The average Bonchev–Trinajstić information content (AvgIpc) is 3.47. The lowest BCUT2D eigenvalue weighted by molar-refractivity contribution is 0.0924. The second-order valence-electron chi connectivity index (χ2n) is 8.57. The summed E-state index contributed by atoms with van der Waals surface area (Å²) in [4.78, 5) is 28.1. The van der Waals surface area contributed by atoms with Crippen molar-refractivity contribution in [1.82, 2.24) is 14.5 Å². The highest BCUT2D eigenvalue weighted by Gasteiger charge is 2.29. The van der Waals surface area contributed by atoms with Crippen molar-refractivity contribution in [3.05, 3.63) is 98.9 Å². The number of hydrogen-bond acceptors (Lipinski definition) is 4. The lowest BCUT2D eigenvalue weighted by Crippen LogP contribution is -2.34. The van der Waals surface area contributed by atoms with E-state index in [9.17, 15) is 9.59 Å². The van der Waals surface area contributed by atoms with Crippen LogP contribution in [-0.4, -0.2) is 22.2 Å².